The van der Waals surface area contributed by atoms with Crippen molar-refractivity contribution < 1.29 is 8.42 Å². The number of hydrogen-bond donors (Lipinski definition) is 3. The van der Waals surface area contributed by atoms with Crippen molar-refractivity contribution in [2.75, 3.05) is 22.9 Å². The van der Waals surface area contributed by atoms with Crippen molar-refractivity contribution in [3.05, 3.63) is 36.0 Å². The summed E-state index contributed by atoms with van der Waals surface area (Å²) in [7, 11) is -3.58. The minimum Gasteiger partial charge on any atom is -0.369 e. The van der Waals surface area contributed by atoms with E-state index in [4.69, 9.17) is 0 Å². The van der Waals surface area contributed by atoms with Crippen LogP contribution in [0.5, 0.6) is 0 Å². The summed E-state index contributed by atoms with van der Waals surface area (Å²) in [6, 6.07) is 8.42. The first-order valence-corrected chi connectivity index (χ1v) is 11.9. The van der Waals surface area contributed by atoms with Gasteiger partial charge in [-0.25, -0.2) is 13.4 Å². The summed E-state index contributed by atoms with van der Waals surface area (Å²) < 4.78 is 27.5. The maximum Gasteiger partial charge on any atom is 0.241 e. The molecule has 0 amide bonds. The molecule has 0 radical (unpaired) electrons. The second-order valence-electron chi connectivity index (χ2n) is 6.22. The third kappa shape index (κ3) is 6.88. The third-order valence-electron chi connectivity index (χ3n) is 3.89. The zero-order valence-electron chi connectivity index (χ0n) is 16.8. The van der Waals surface area contributed by atoms with Crippen LogP contribution in [0.3, 0.4) is 0 Å². The minimum atomic E-state index is -3.58. The summed E-state index contributed by atoms with van der Waals surface area (Å²) in [5.41, 5.74) is 1.02. The molecule has 0 spiro atoms. The fraction of sp³-hybridized carbons (Fsp3) is 0.421. The fourth-order valence-corrected chi connectivity index (χ4v) is 4.68. The standard InChI is InChI=1S/C19H26N6O2S2/c1-4-6-11-21-18-15(12-20)13-22-19(24-18)23-16-7-9-17(10-8-16)29(26,27)25-14(3)28-5-2/h7-10,13-14,25H,4-6,11H2,1-3H3,(H2,21,22,23,24). The van der Waals surface area contributed by atoms with E-state index in [1.54, 1.807) is 12.1 Å². The average Bonchev–Trinajstić information content (AvgIpc) is 2.68. The molecule has 1 aromatic heterocycles. The lowest BCUT2D eigenvalue weighted by Crippen LogP contribution is -2.30. The number of benzene rings is 1. The summed E-state index contributed by atoms with van der Waals surface area (Å²) in [6.45, 7) is 6.60. The van der Waals surface area contributed by atoms with Crippen molar-refractivity contribution in [1.29, 1.82) is 5.26 Å². The maximum atomic E-state index is 12.4. The zero-order chi connectivity index (χ0) is 21.3. The lowest BCUT2D eigenvalue weighted by atomic mass is 10.3. The molecule has 156 valence electrons. The highest BCUT2D eigenvalue weighted by molar-refractivity contribution is 8.00. The monoisotopic (exact) mass is 434 g/mol. The minimum absolute atomic E-state index is 0.189. The average molecular weight is 435 g/mol. The van der Waals surface area contributed by atoms with Gasteiger partial charge in [-0.3, -0.25) is 0 Å². The van der Waals surface area contributed by atoms with Crippen LogP contribution < -0.4 is 15.4 Å². The highest BCUT2D eigenvalue weighted by atomic mass is 32.2. The smallest absolute Gasteiger partial charge is 0.241 e. The molecule has 10 heteroatoms. The Morgan fingerprint density at radius 3 is 2.59 bits per heavy atom. The van der Waals surface area contributed by atoms with Crippen LogP contribution in [-0.2, 0) is 10.0 Å². The lowest BCUT2D eigenvalue weighted by molar-refractivity contribution is 0.581. The number of aromatic nitrogens is 2. The molecule has 0 bridgehead atoms. The molecule has 1 atom stereocenters. The number of nitrogens with one attached hydrogen (secondary N) is 3. The maximum absolute atomic E-state index is 12.4. The van der Waals surface area contributed by atoms with Crippen molar-refractivity contribution in [2.24, 2.45) is 0 Å². The predicted molar refractivity (Wildman–Crippen MR) is 118 cm³/mol. The van der Waals surface area contributed by atoms with Crippen LogP contribution in [0, 0.1) is 11.3 Å². The molecule has 0 fully saturated rings. The Morgan fingerprint density at radius 2 is 1.97 bits per heavy atom. The second-order valence-corrected chi connectivity index (χ2v) is 9.55. The Bertz CT molecular complexity index is 942. The predicted octanol–water partition coefficient (Wildman–Crippen LogP) is 3.68. The van der Waals surface area contributed by atoms with Gasteiger partial charge in [0.1, 0.15) is 17.5 Å². The van der Waals surface area contributed by atoms with Gasteiger partial charge in [-0.15, -0.1) is 11.8 Å². The van der Waals surface area contributed by atoms with E-state index in [0.717, 1.165) is 25.1 Å². The van der Waals surface area contributed by atoms with Crippen LogP contribution in [0.25, 0.3) is 0 Å². The number of thioether (sulfide) groups is 1. The van der Waals surface area contributed by atoms with E-state index in [-0.39, 0.29) is 10.3 Å². The first-order valence-electron chi connectivity index (χ1n) is 9.41. The Balaban J connectivity index is 2.11. The highest BCUT2D eigenvalue weighted by Gasteiger charge is 2.17. The summed E-state index contributed by atoms with van der Waals surface area (Å²) in [5, 5.41) is 15.2. The van der Waals surface area contributed by atoms with Crippen LogP contribution in [-0.4, -0.2) is 36.1 Å². The number of sulfonamides is 1. The van der Waals surface area contributed by atoms with Crippen LogP contribution in [0.15, 0.2) is 35.4 Å². The van der Waals surface area contributed by atoms with Gasteiger partial charge in [0.15, 0.2) is 0 Å². The van der Waals surface area contributed by atoms with Gasteiger partial charge in [-0.1, -0.05) is 20.3 Å². The molecular formula is C19H26N6O2S2. The molecule has 1 unspecified atom stereocenters. The van der Waals surface area contributed by atoms with E-state index >= 15 is 0 Å². The Kier molecular flexibility index (Phi) is 8.70. The molecular weight excluding hydrogens is 408 g/mol. The first kappa shape index (κ1) is 22.9. The van der Waals surface area contributed by atoms with Crippen LogP contribution in [0.2, 0.25) is 0 Å². The molecule has 29 heavy (non-hydrogen) atoms. The van der Waals surface area contributed by atoms with E-state index in [1.165, 1.54) is 30.1 Å². The van der Waals surface area contributed by atoms with Crippen molar-refractivity contribution in [2.45, 2.75) is 43.9 Å². The Hall–Kier alpha value is -2.35. The van der Waals surface area contributed by atoms with Gasteiger partial charge in [0, 0.05) is 12.2 Å². The quantitative estimate of drug-likeness (QED) is 0.362. The van der Waals surface area contributed by atoms with Crippen molar-refractivity contribution in [3.8, 4) is 6.07 Å². The van der Waals surface area contributed by atoms with Crippen LogP contribution >= 0.6 is 11.8 Å². The summed E-state index contributed by atoms with van der Waals surface area (Å²) in [4.78, 5) is 8.69. The molecule has 3 N–H and O–H groups in total. The molecule has 0 saturated heterocycles. The Labute approximate surface area is 176 Å². The van der Waals surface area contributed by atoms with Gasteiger partial charge >= 0.3 is 0 Å². The number of hydrogen-bond acceptors (Lipinski definition) is 8. The number of unbranched alkanes of at least 4 members (excludes halogenated alkanes) is 1. The second kappa shape index (κ2) is 11.0. The third-order valence-corrected chi connectivity index (χ3v) is 6.55. The van der Waals surface area contributed by atoms with E-state index in [2.05, 4.69) is 38.3 Å². The summed E-state index contributed by atoms with van der Waals surface area (Å²) in [6.07, 6.45) is 3.46. The van der Waals surface area contributed by atoms with Crippen molar-refractivity contribution in [3.63, 3.8) is 0 Å². The molecule has 0 aliphatic rings. The topological polar surface area (TPSA) is 120 Å². The van der Waals surface area contributed by atoms with Crippen LogP contribution in [0.4, 0.5) is 17.5 Å². The highest BCUT2D eigenvalue weighted by Crippen LogP contribution is 2.20. The van der Waals surface area contributed by atoms with Gasteiger partial charge in [0.05, 0.1) is 16.5 Å². The summed E-state index contributed by atoms with van der Waals surface area (Å²) >= 11 is 1.52. The molecule has 0 saturated carbocycles. The number of anilines is 3. The lowest BCUT2D eigenvalue weighted by Gasteiger charge is -2.13. The van der Waals surface area contributed by atoms with E-state index in [0.29, 0.717) is 23.0 Å². The van der Waals surface area contributed by atoms with Crippen molar-refractivity contribution >= 4 is 39.2 Å². The van der Waals surface area contributed by atoms with Gasteiger partial charge in [0.25, 0.3) is 0 Å². The van der Waals surface area contributed by atoms with Crippen molar-refractivity contribution in [1.82, 2.24) is 14.7 Å². The molecule has 0 aliphatic carbocycles. The number of nitrogens with zero attached hydrogens (tertiary/aromatic N) is 3. The molecule has 1 aromatic carbocycles. The van der Waals surface area contributed by atoms with Gasteiger partial charge in [-0.05, 0) is 43.4 Å². The molecule has 8 nitrogen and oxygen atoms in total. The van der Waals surface area contributed by atoms with E-state index < -0.39 is 10.0 Å². The van der Waals surface area contributed by atoms with Crippen LogP contribution in [0.1, 0.15) is 39.2 Å². The van der Waals surface area contributed by atoms with E-state index in [1.807, 2.05) is 13.8 Å². The van der Waals surface area contributed by atoms with Gasteiger partial charge < -0.3 is 10.6 Å². The normalized spacial score (nSPS) is 12.2. The molecule has 2 rings (SSSR count). The molecule has 1 heterocycles. The first-order chi connectivity index (χ1) is 13.9. The van der Waals surface area contributed by atoms with E-state index in [9.17, 15) is 13.7 Å². The van der Waals surface area contributed by atoms with Gasteiger partial charge in [-0.2, -0.15) is 15.0 Å². The van der Waals surface area contributed by atoms with Gasteiger partial charge in [0.2, 0.25) is 16.0 Å². The molecule has 2 aromatic rings. The zero-order valence-corrected chi connectivity index (χ0v) is 18.4. The Morgan fingerprint density at radius 1 is 1.24 bits per heavy atom. The SMILES string of the molecule is CCCCNc1nc(Nc2ccc(S(=O)(=O)NC(C)SCC)cc2)ncc1C#N. The largest absolute Gasteiger partial charge is 0.369 e. The number of rotatable bonds is 11. The molecule has 0 aliphatic heterocycles. The fourth-order valence-electron chi connectivity index (χ4n) is 2.46. The summed E-state index contributed by atoms with van der Waals surface area (Å²) in [5.74, 6) is 1.63. The number of nitriles is 1.